The third-order valence-corrected chi connectivity index (χ3v) is 2.55. The summed E-state index contributed by atoms with van der Waals surface area (Å²) in [5.41, 5.74) is 2.47. The van der Waals surface area contributed by atoms with Crippen LogP contribution in [-0.2, 0) is 0 Å². The van der Waals surface area contributed by atoms with E-state index in [1.165, 1.54) is 16.3 Å². The zero-order chi connectivity index (χ0) is 10.1. The minimum absolute atomic E-state index is 0.591. The molecule has 1 heteroatoms. The highest BCUT2D eigenvalue weighted by atomic mass is 14.6. The molecule has 0 atom stereocenters. The molecule has 14 heavy (non-hydrogen) atoms. The molecule has 72 valence electrons. The molecule has 2 rings (SSSR count). The molecule has 1 nitrogen and oxygen atoms in total. The van der Waals surface area contributed by atoms with Gasteiger partial charge >= 0.3 is 0 Å². The van der Waals surface area contributed by atoms with Crippen molar-refractivity contribution in [2.45, 2.75) is 26.7 Å². The molecule has 2 aromatic rings. The standard InChI is InChI=1S/C13H15N/c1-9(2)11-4-5-12-8-14-10(3)6-13(12)7-11/h4-9H,1-3H3. The minimum atomic E-state index is 0.591. The molecular weight excluding hydrogens is 170 g/mol. The van der Waals surface area contributed by atoms with Gasteiger partial charge in [0.15, 0.2) is 0 Å². The van der Waals surface area contributed by atoms with Crippen molar-refractivity contribution in [1.82, 2.24) is 4.98 Å². The molecule has 0 bridgehead atoms. The average Bonchev–Trinajstić information content (AvgIpc) is 2.16. The molecule has 0 unspecified atom stereocenters. The first-order valence-electron chi connectivity index (χ1n) is 5.03. The van der Waals surface area contributed by atoms with Gasteiger partial charge in [-0.15, -0.1) is 0 Å². The van der Waals surface area contributed by atoms with E-state index in [1.807, 2.05) is 13.1 Å². The molecule has 0 amide bonds. The topological polar surface area (TPSA) is 12.9 Å². The van der Waals surface area contributed by atoms with Crippen LogP contribution in [0.5, 0.6) is 0 Å². The first-order valence-corrected chi connectivity index (χ1v) is 5.03. The van der Waals surface area contributed by atoms with Gasteiger partial charge in [0.05, 0.1) is 0 Å². The fourth-order valence-electron chi connectivity index (χ4n) is 1.63. The Morgan fingerprint density at radius 3 is 2.57 bits per heavy atom. The van der Waals surface area contributed by atoms with Gasteiger partial charge in [0.1, 0.15) is 0 Å². The summed E-state index contributed by atoms with van der Waals surface area (Å²) >= 11 is 0. The van der Waals surface area contributed by atoms with Crippen molar-refractivity contribution in [1.29, 1.82) is 0 Å². The summed E-state index contributed by atoms with van der Waals surface area (Å²) in [6.45, 7) is 6.46. The van der Waals surface area contributed by atoms with E-state index in [0.29, 0.717) is 5.92 Å². The van der Waals surface area contributed by atoms with Gasteiger partial charge in [0.25, 0.3) is 0 Å². The van der Waals surface area contributed by atoms with E-state index in [4.69, 9.17) is 0 Å². The molecule has 0 aliphatic heterocycles. The Morgan fingerprint density at radius 1 is 1.07 bits per heavy atom. The Kier molecular flexibility index (Phi) is 2.24. The normalized spacial score (nSPS) is 11.1. The van der Waals surface area contributed by atoms with Crippen LogP contribution < -0.4 is 0 Å². The van der Waals surface area contributed by atoms with E-state index in [1.54, 1.807) is 0 Å². The summed E-state index contributed by atoms with van der Waals surface area (Å²) in [6, 6.07) is 8.73. The Hall–Kier alpha value is -1.37. The van der Waals surface area contributed by atoms with Crippen molar-refractivity contribution >= 4 is 10.8 Å². The lowest BCUT2D eigenvalue weighted by atomic mass is 10.00. The third kappa shape index (κ3) is 1.63. The maximum Gasteiger partial charge on any atom is 0.0379 e. The molecule has 0 saturated heterocycles. The van der Waals surface area contributed by atoms with Gasteiger partial charge < -0.3 is 0 Å². The highest BCUT2D eigenvalue weighted by Gasteiger charge is 2.00. The number of hydrogen-bond donors (Lipinski definition) is 0. The smallest absolute Gasteiger partial charge is 0.0379 e. The van der Waals surface area contributed by atoms with Crippen molar-refractivity contribution in [3.63, 3.8) is 0 Å². The van der Waals surface area contributed by atoms with Gasteiger partial charge in [-0.1, -0.05) is 32.0 Å². The quantitative estimate of drug-likeness (QED) is 0.660. The van der Waals surface area contributed by atoms with Crippen molar-refractivity contribution < 1.29 is 0 Å². The van der Waals surface area contributed by atoms with Crippen LogP contribution in [-0.4, -0.2) is 4.98 Å². The summed E-state index contributed by atoms with van der Waals surface area (Å²) in [7, 11) is 0. The van der Waals surface area contributed by atoms with Crippen LogP contribution in [0.1, 0.15) is 31.0 Å². The second-order valence-electron chi connectivity index (χ2n) is 4.09. The van der Waals surface area contributed by atoms with Gasteiger partial charge in [-0.2, -0.15) is 0 Å². The van der Waals surface area contributed by atoms with Crippen LogP contribution in [0, 0.1) is 6.92 Å². The van der Waals surface area contributed by atoms with Gasteiger partial charge in [0, 0.05) is 17.3 Å². The number of rotatable bonds is 1. The van der Waals surface area contributed by atoms with Gasteiger partial charge in [-0.3, -0.25) is 4.98 Å². The number of hydrogen-bond acceptors (Lipinski definition) is 1. The van der Waals surface area contributed by atoms with Crippen LogP contribution in [0.25, 0.3) is 10.8 Å². The van der Waals surface area contributed by atoms with E-state index < -0.39 is 0 Å². The van der Waals surface area contributed by atoms with Crippen LogP contribution >= 0.6 is 0 Å². The SMILES string of the molecule is Cc1cc2cc(C(C)C)ccc2cn1. The van der Waals surface area contributed by atoms with Gasteiger partial charge in [-0.05, 0) is 29.9 Å². The molecule has 0 aliphatic rings. The van der Waals surface area contributed by atoms with E-state index in [0.717, 1.165) is 5.69 Å². The monoisotopic (exact) mass is 185 g/mol. The van der Waals surface area contributed by atoms with Crippen molar-refractivity contribution in [3.8, 4) is 0 Å². The number of pyridine rings is 1. The lowest BCUT2D eigenvalue weighted by Crippen LogP contribution is -1.88. The fourth-order valence-corrected chi connectivity index (χ4v) is 1.63. The average molecular weight is 185 g/mol. The predicted octanol–water partition coefficient (Wildman–Crippen LogP) is 3.67. The van der Waals surface area contributed by atoms with Gasteiger partial charge in [-0.25, -0.2) is 0 Å². The summed E-state index contributed by atoms with van der Waals surface area (Å²) < 4.78 is 0. The van der Waals surface area contributed by atoms with E-state index in [2.05, 4.69) is 43.1 Å². The van der Waals surface area contributed by atoms with E-state index in [-0.39, 0.29) is 0 Å². The fraction of sp³-hybridized carbons (Fsp3) is 0.308. The first kappa shape index (κ1) is 9.20. The summed E-state index contributed by atoms with van der Waals surface area (Å²) in [4.78, 5) is 4.28. The Balaban J connectivity index is 2.63. The Bertz CT molecular complexity index is 458. The third-order valence-electron chi connectivity index (χ3n) is 2.55. The molecular formula is C13H15N. The van der Waals surface area contributed by atoms with Crippen LogP contribution in [0.3, 0.4) is 0 Å². The summed E-state index contributed by atoms with van der Waals surface area (Å²) in [5, 5.41) is 2.52. The molecule has 1 aromatic heterocycles. The molecule has 0 aliphatic carbocycles. The second kappa shape index (κ2) is 3.41. The maximum absolute atomic E-state index is 4.28. The van der Waals surface area contributed by atoms with Crippen molar-refractivity contribution in [2.24, 2.45) is 0 Å². The molecule has 1 aromatic carbocycles. The molecule has 0 radical (unpaired) electrons. The highest BCUT2D eigenvalue weighted by Crippen LogP contribution is 2.21. The summed E-state index contributed by atoms with van der Waals surface area (Å²) in [5.74, 6) is 0.591. The van der Waals surface area contributed by atoms with Crippen LogP contribution in [0.4, 0.5) is 0 Å². The van der Waals surface area contributed by atoms with Crippen molar-refractivity contribution in [2.75, 3.05) is 0 Å². The lowest BCUT2D eigenvalue weighted by molar-refractivity contribution is 0.868. The number of aromatic nitrogens is 1. The molecule has 0 saturated carbocycles. The van der Waals surface area contributed by atoms with Crippen LogP contribution in [0.2, 0.25) is 0 Å². The molecule has 0 spiro atoms. The molecule has 0 N–H and O–H groups in total. The molecule has 1 heterocycles. The van der Waals surface area contributed by atoms with Crippen LogP contribution in [0.15, 0.2) is 30.5 Å². The Labute approximate surface area is 84.8 Å². The Morgan fingerprint density at radius 2 is 1.86 bits per heavy atom. The minimum Gasteiger partial charge on any atom is -0.261 e. The maximum atomic E-state index is 4.28. The zero-order valence-electron chi connectivity index (χ0n) is 8.91. The van der Waals surface area contributed by atoms with E-state index in [9.17, 15) is 0 Å². The zero-order valence-corrected chi connectivity index (χ0v) is 8.91. The molecule has 0 fully saturated rings. The largest absolute Gasteiger partial charge is 0.261 e. The number of benzene rings is 1. The number of fused-ring (bicyclic) bond motifs is 1. The highest BCUT2D eigenvalue weighted by molar-refractivity contribution is 5.82. The lowest BCUT2D eigenvalue weighted by Gasteiger charge is -2.06. The summed E-state index contributed by atoms with van der Waals surface area (Å²) in [6.07, 6.45) is 1.94. The van der Waals surface area contributed by atoms with E-state index >= 15 is 0 Å². The number of nitrogens with zero attached hydrogens (tertiary/aromatic N) is 1. The first-order chi connectivity index (χ1) is 6.66. The second-order valence-corrected chi connectivity index (χ2v) is 4.09. The number of aryl methyl sites for hydroxylation is 1. The van der Waals surface area contributed by atoms with Gasteiger partial charge in [0.2, 0.25) is 0 Å². The predicted molar refractivity (Wildman–Crippen MR) is 60.6 cm³/mol. The van der Waals surface area contributed by atoms with Crippen molar-refractivity contribution in [3.05, 3.63) is 41.7 Å².